The Balaban J connectivity index is 3.26. The Hall–Kier alpha value is -1.40. The molecule has 1 amide bonds. The first kappa shape index (κ1) is 80.6. The van der Waals surface area contributed by atoms with E-state index in [-0.39, 0.29) is 18.5 Å². The molecule has 0 aromatic heterocycles. The van der Waals surface area contributed by atoms with Crippen molar-refractivity contribution in [1.82, 2.24) is 5.32 Å². The Bertz CT molecular complexity index is 1240. The third-order valence-corrected chi connectivity index (χ3v) is 18.1. The third-order valence-electron chi connectivity index (χ3n) is 18.1. The molecule has 0 aliphatic rings. The van der Waals surface area contributed by atoms with Gasteiger partial charge in [-0.15, -0.1) is 0 Å². The van der Waals surface area contributed by atoms with Crippen molar-refractivity contribution in [2.24, 2.45) is 0 Å². The summed E-state index contributed by atoms with van der Waals surface area (Å²) in [7, 11) is 0. The molecule has 0 bridgehead atoms. The van der Waals surface area contributed by atoms with E-state index in [1.54, 1.807) is 6.08 Å². The molecule has 0 aliphatic carbocycles. The first-order chi connectivity index (χ1) is 40.5. The monoisotopic (exact) mass is 1160 g/mol. The summed E-state index contributed by atoms with van der Waals surface area (Å²) in [4.78, 5) is 24.5. The van der Waals surface area contributed by atoms with Crippen LogP contribution in [0.5, 0.6) is 0 Å². The number of hydrogen-bond acceptors (Lipinski definition) is 5. The number of amides is 1. The lowest BCUT2D eigenvalue weighted by atomic mass is 10.0. The fourth-order valence-corrected chi connectivity index (χ4v) is 12.3. The predicted octanol–water partition coefficient (Wildman–Crippen LogP) is 24.7. The number of esters is 1. The van der Waals surface area contributed by atoms with Crippen LogP contribution < -0.4 is 5.32 Å². The quantitative estimate of drug-likeness (QED) is 0.0320. The van der Waals surface area contributed by atoms with Crippen LogP contribution in [0.25, 0.3) is 0 Å². The summed E-state index contributed by atoms with van der Waals surface area (Å²) in [6.07, 6.45) is 90.6. The molecule has 0 spiro atoms. The van der Waals surface area contributed by atoms with E-state index in [1.165, 1.54) is 372 Å². The van der Waals surface area contributed by atoms with Crippen LogP contribution in [0.1, 0.15) is 438 Å². The molecule has 6 nitrogen and oxygen atoms in total. The van der Waals surface area contributed by atoms with Gasteiger partial charge in [-0.05, 0) is 32.1 Å². The minimum absolute atomic E-state index is 0.0283. The maximum Gasteiger partial charge on any atom is 0.305 e. The van der Waals surface area contributed by atoms with Gasteiger partial charge in [0.2, 0.25) is 5.91 Å². The minimum atomic E-state index is -0.837. The van der Waals surface area contributed by atoms with Gasteiger partial charge in [-0.2, -0.15) is 0 Å². The number of ether oxygens (including phenoxy) is 1. The summed E-state index contributed by atoms with van der Waals surface area (Å²) in [5.74, 6) is -0.0333. The highest BCUT2D eigenvalue weighted by molar-refractivity contribution is 5.76. The van der Waals surface area contributed by atoms with Crippen molar-refractivity contribution < 1.29 is 24.5 Å². The molecule has 0 saturated carbocycles. The Morgan fingerprint density at radius 2 is 0.561 bits per heavy atom. The number of rotatable bonds is 72. The molecule has 0 aliphatic heterocycles. The Kier molecular flexibility index (Phi) is 70.8. The van der Waals surface area contributed by atoms with E-state index in [2.05, 4.69) is 19.2 Å². The van der Waals surface area contributed by atoms with Crippen LogP contribution in [0.4, 0.5) is 0 Å². The maximum absolute atomic E-state index is 12.4. The summed E-state index contributed by atoms with van der Waals surface area (Å²) in [6, 6.07) is -0.620. The molecule has 0 saturated heterocycles. The summed E-state index contributed by atoms with van der Waals surface area (Å²) >= 11 is 0. The number of nitrogens with one attached hydrogen (secondary N) is 1. The Morgan fingerprint density at radius 1 is 0.329 bits per heavy atom. The average Bonchev–Trinajstić information content (AvgIpc) is 3.48. The number of unbranched alkanes of at least 4 members (excludes halogenated alkanes) is 61. The van der Waals surface area contributed by atoms with Crippen LogP contribution in [-0.4, -0.2) is 47.4 Å². The second-order valence-electron chi connectivity index (χ2n) is 26.4. The first-order valence-electron chi connectivity index (χ1n) is 38.0. The largest absolute Gasteiger partial charge is 0.466 e. The zero-order valence-electron chi connectivity index (χ0n) is 56.0. The van der Waals surface area contributed by atoms with Gasteiger partial charge < -0.3 is 20.3 Å². The highest BCUT2D eigenvalue weighted by Gasteiger charge is 2.18. The molecule has 0 aromatic carbocycles. The van der Waals surface area contributed by atoms with E-state index in [1.807, 2.05) is 6.08 Å². The highest BCUT2D eigenvalue weighted by atomic mass is 16.5. The topological polar surface area (TPSA) is 95.9 Å². The molecule has 0 heterocycles. The molecule has 6 heteroatoms. The molecule has 2 unspecified atom stereocenters. The smallest absolute Gasteiger partial charge is 0.305 e. The fourth-order valence-electron chi connectivity index (χ4n) is 12.3. The molecule has 0 aromatic rings. The van der Waals surface area contributed by atoms with E-state index >= 15 is 0 Å². The lowest BCUT2D eigenvalue weighted by Crippen LogP contribution is -2.45. The minimum Gasteiger partial charge on any atom is -0.466 e. The number of aliphatic hydroxyl groups is 2. The average molecular weight is 1160 g/mol. The Morgan fingerprint density at radius 3 is 0.829 bits per heavy atom. The zero-order chi connectivity index (χ0) is 59.2. The van der Waals surface area contributed by atoms with Crippen LogP contribution >= 0.6 is 0 Å². The van der Waals surface area contributed by atoms with Crippen molar-refractivity contribution in [2.75, 3.05) is 13.2 Å². The van der Waals surface area contributed by atoms with Crippen molar-refractivity contribution in [2.45, 2.75) is 450 Å². The number of aliphatic hydroxyl groups excluding tert-OH is 2. The molecule has 0 radical (unpaired) electrons. The standard InChI is InChI=1S/C76H149NO5/c1-3-5-7-9-11-13-15-16-17-44-47-50-54-58-62-66-70-76(81)82-71-67-63-59-55-51-48-45-42-40-38-36-34-32-30-28-26-24-22-20-18-19-21-23-25-27-29-31-33-35-37-39-41-43-46-49-53-57-61-65-69-75(80)77-73(72-78)74(79)68-64-60-56-52-14-12-10-8-6-4-2/h64,68,73-74,78-79H,3-63,65-67,69-72H2,1-2H3,(H,77,80)/b68-64+. The van der Waals surface area contributed by atoms with E-state index < -0.39 is 12.1 Å². The van der Waals surface area contributed by atoms with E-state index in [9.17, 15) is 19.8 Å². The highest BCUT2D eigenvalue weighted by Crippen LogP contribution is 2.20. The molecular formula is C76H149NO5. The lowest BCUT2D eigenvalue weighted by molar-refractivity contribution is -0.143. The summed E-state index contributed by atoms with van der Waals surface area (Å²) in [6.45, 7) is 4.93. The van der Waals surface area contributed by atoms with Crippen LogP contribution in [0.3, 0.4) is 0 Å². The van der Waals surface area contributed by atoms with Gasteiger partial charge in [0.25, 0.3) is 0 Å². The van der Waals surface area contributed by atoms with E-state index in [0.717, 1.165) is 38.5 Å². The van der Waals surface area contributed by atoms with Gasteiger partial charge in [-0.25, -0.2) is 0 Å². The van der Waals surface area contributed by atoms with Gasteiger partial charge in [0, 0.05) is 12.8 Å². The molecule has 2 atom stereocenters. The number of carbonyl (C=O) groups is 2. The van der Waals surface area contributed by atoms with Crippen molar-refractivity contribution in [3.8, 4) is 0 Å². The lowest BCUT2D eigenvalue weighted by Gasteiger charge is -2.20. The molecule has 0 fully saturated rings. The molecule has 3 N–H and O–H groups in total. The van der Waals surface area contributed by atoms with E-state index in [0.29, 0.717) is 19.4 Å². The maximum atomic E-state index is 12.4. The zero-order valence-corrected chi connectivity index (χ0v) is 56.0. The van der Waals surface area contributed by atoms with Crippen molar-refractivity contribution in [3.05, 3.63) is 12.2 Å². The molecule has 488 valence electrons. The van der Waals surface area contributed by atoms with Crippen LogP contribution in [0.15, 0.2) is 12.2 Å². The van der Waals surface area contributed by atoms with Gasteiger partial charge in [-0.1, -0.05) is 405 Å². The first-order valence-corrected chi connectivity index (χ1v) is 38.0. The fraction of sp³-hybridized carbons (Fsp3) is 0.947. The second kappa shape index (κ2) is 72.1. The van der Waals surface area contributed by atoms with Crippen LogP contribution in [0, 0.1) is 0 Å². The molecular weight excluding hydrogens is 1010 g/mol. The van der Waals surface area contributed by atoms with Gasteiger partial charge >= 0.3 is 5.97 Å². The van der Waals surface area contributed by atoms with E-state index in [4.69, 9.17) is 4.74 Å². The molecule has 0 rings (SSSR count). The van der Waals surface area contributed by atoms with Gasteiger partial charge in [0.05, 0.1) is 25.4 Å². The predicted molar refractivity (Wildman–Crippen MR) is 361 cm³/mol. The third kappa shape index (κ3) is 67.7. The SMILES string of the molecule is CCCCCCCCCC/C=C/C(O)C(CO)NC(=O)CCCCCCCCCCCCCCCCCCCCCCCCCCCCCCCCCCCCCCCCCOC(=O)CCCCCCCCCCCCCCCCCC. The van der Waals surface area contributed by atoms with Crippen LogP contribution in [-0.2, 0) is 14.3 Å². The van der Waals surface area contributed by atoms with Crippen molar-refractivity contribution in [1.29, 1.82) is 0 Å². The Labute approximate surface area is 514 Å². The second-order valence-corrected chi connectivity index (χ2v) is 26.4. The summed E-state index contributed by atoms with van der Waals surface area (Å²) in [5.41, 5.74) is 0. The number of hydrogen-bond donors (Lipinski definition) is 3. The normalized spacial score (nSPS) is 12.5. The van der Waals surface area contributed by atoms with Crippen molar-refractivity contribution >= 4 is 11.9 Å². The molecule has 82 heavy (non-hydrogen) atoms. The van der Waals surface area contributed by atoms with Gasteiger partial charge in [0.15, 0.2) is 0 Å². The van der Waals surface area contributed by atoms with Gasteiger partial charge in [0.1, 0.15) is 0 Å². The number of allylic oxidation sites excluding steroid dienone is 1. The van der Waals surface area contributed by atoms with Crippen molar-refractivity contribution in [3.63, 3.8) is 0 Å². The van der Waals surface area contributed by atoms with Gasteiger partial charge in [-0.3, -0.25) is 9.59 Å². The summed E-state index contributed by atoms with van der Waals surface area (Å²) in [5, 5.41) is 23.0. The number of carbonyl (C=O) groups excluding carboxylic acids is 2. The van der Waals surface area contributed by atoms with Crippen LogP contribution in [0.2, 0.25) is 0 Å². The summed E-state index contributed by atoms with van der Waals surface area (Å²) < 4.78 is 5.51.